The van der Waals surface area contributed by atoms with Crippen LogP contribution in [0.1, 0.15) is 24.8 Å². The number of benzene rings is 1. The van der Waals surface area contributed by atoms with Crippen molar-refractivity contribution in [3.63, 3.8) is 0 Å². The van der Waals surface area contributed by atoms with Crippen LogP contribution in [-0.4, -0.2) is 51.2 Å². The molecule has 2 bridgehead atoms. The summed E-state index contributed by atoms with van der Waals surface area (Å²) >= 11 is 0. The fourth-order valence-corrected chi connectivity index (χ4v) is 5.75. The minimum atomic E-state index is -3.32. The number of ether oxygens (including phenoxy) is 2. The molecule has 1 aliphatic heterocycles. The van der Waals surface area contributed by atoms with E-state index >= 15 is 0 Å². The lowest BCUT2D eigenvalue weighted by molar-refractivity contribution is -0.121. The molecule has 3 rings (SSSR count). The molecule has 0 spiro atoms. The van der Waals surface area contributed by atoms with Gasteiger partial charge < -0.3 is 14.8 Å². The average Bonchev–Trinajstić information content (AvgIpc) is 2.99. The molecular weight excluding hydrogens is 344 g/mol. The van der Waals surface area contributed by atoms with Gasteiger partial charge in [0.2, 0.25) is 15.9 Å². The van der Waals surface area contributed by atoms with E-state index in [1.807, 2.05) is 6.07 Å². The van der Waals surface area contributed by atoms with Crippen LogP contribution in [0, 0.1) is 5.92 Å². The molecule has 1 saturated carbocycles. The van der Waals surface area contributed by atoms with Crippen LogP contribution in [-0.2, 0) is 21.4 Å². The molecule has 1 N–H and O–H groups in total. The SMILES string of the molecule is COc1ccc(CNC(=O)CN2[C@@H]3CC[C@@H](C3)CS2(=O)=O)cc1OC. The molecule has 1 saturated heterocycles. The van der Waals surface area contributed by atoms with Crippen molar-refractivity contribution in [3.05, 3.63) is 23.8 Å². The van der Waals surface area contributed by atoms with Crippen LogP contribution in [0.4, 0.5) is 0 Å². The summed E-state index contributed by atoms with van der Waals surface area (Å²) in [5.74, 6) is 1.36. The fourth-order valence-electron chi connectivity index (χ4n) is 3.70. The smallest absolute Gasteiger partial charge is 0.235 e. The zero-order valence-electron chi connectivity index (χ0n) is 14.5. The zero-order valence-corrected chi connectivity index (χ0v) is 15.3. The van der Waals surface area contributed by atoms with Crippen LogP contribution in [0.5, 0.6) is 11.5 Å². The van der Waals surface area contributed by atoms with Gasteiger partial charge >= 0.3 is 0 Å². The Morgan fingerprint density at radius 3 is 2.72 bits per heavy atom. The van der Waals surface area contributed by atoms with E-state index in [1.54, 1.807) is 26.4 Å². The van der Waals surface area contributed by atoms with E-state index in [9.17, 15) is 13.2 Å². The highest BCUT2D eigenvalue weighted by atomic mass is 32.2. The Kier molecular flexibility index (Phi) is 5.19. The number of rotatable bonds is 6. The maximum atomic E-state index is 12.3. The molecule has 1 amide bonds. The van der Waals surface area contributed by atoms with Gasteiger partial charge in [0.25, 0.3) is 0 Å². The average molecular weight is 368 g/mol. The molecule has 7 nitrogen and oxygen atoms in total. The number of nitrogens with one attached hydrogen (secondary N) is 1. The third-order valence-corrected chi connectivity index (χ3v) is 7.00. The Hall–Kier alpha value is -1.80. The van der Waals surface area contributed by atoms with Gasteiger partial charge in [0, 0.05) is 12.6 Å². The second-order valence-electron chi connectivity index (χ2n) is 6.62. The second kappa shape index (κ2) is 7.21. The Labute approximate surface area is 148 Å². The molecular formula is C17H24N2O5S. The first-order valence-corrected chi connectivity index (χ1v) is 10.0. The number of carbonyl (C=O) groups is 1. The summed E-state index contributed by atoms with van der Waals surface area (Å²) in [6, 6.07) is 5.38. The number of amides is 1. The van der Waals surface area contributed by atoms with E-state index in [0.717, 1.165) is 24.8 Å². The van der Waals surface area contributed by atoms with E-state index in [1.165, 1.54) is 4.31 Å². The summed E-state index contributed by atoms with van der Waals surface area (Å²) < 4.78 is 36.5. The van der Waals surface area contributed by atoms with Crippen molar-refractivity contribution in [1.29, 1.82) is 0 Å². The highest BCUT2D eigenvalue weighted by molar-refractivity contribution is 7.89. The molecule has 25 heavy (non-hydrogen) atoms. The first-order chi connectivity index (χ1) is 11.9. The molecule has 2 fully saturated rings. The molecule has 1 heterocycles. The summed E-state index contributed by atoms with van der Waals surface area (Å²) in [4.78, 5) is 12.3. The number of carbonyl (C=O) groups excluding carboxylic acids is 1. The van der Waals surface area contributed by atoms with E-state index in [0.29, 0.717) is 18.0 Å². The number of methoxy groups -OCH3 is 2. The van der Waals surface area contributed by atoms with E-state index < -0.39 is 10.0 Å². The van der Waals surface area contributed by atoms with Crippen molar-refractivity contribution in [2.24, 2.45) is 5.92 Å². The first kappa shape index (κ1) is 18.0. The van der Waals surface area contributed by atoms with Gasteiger partial charge in [-0.15, -0.1) is 0 Å². The van der Waals surface area contributed by atoms with Crippen molar-refractivity contribution in [2.75, 3.05) is 26.5 Å². The van der Waals surface area contributed by atoms with Crippen molar-refractivity contribution < 1.29 is 22.7 Å². The molecule has 0 aromatic heterocycles. The quantitative estimate of drug-likeness (QED) is 0.814. The van der Waals surface area contributed by atoms with Crippen molar-refractivity contribution in [1.82, 2.24) is 9.62 Å². The minimum absolute atomic E-state index is 0.0180. The third-order valence-electron chi connectivity index (χ3n) is 4.96. The summed E-state index contributed by atoms with van der Waals surface area (Å²) in [7, 11) is -0.208. The van der Waals surface area contributed by atoms with Crippen LogP contribution in [0.15, 0.2) is 18.2 Å². The molecule has 2 aliphatic rings. The first-order valence-electron chi connectivity index (χ1n) is 8.40. The topological polar surface area (TPSA) is 84.9 Å². The summed E-state index contributed by atoms with van der Waals surface area (Å²) in [6.07, 6.45) is 2.67. The second-order valence-corrected chi connectivity index (χ2v) is 8.59. The summed E-state index contributed by atoms with van der Waals surface area (Å²) in [6.45, 7) is 0.202. The lowest BCUT2D eigenvalue weighted by atomic mass is 10.1. The predicted molar refractivity (Wildman–Crippen MR) is 93.0 cm³/mol. The van der Waals surface area contributed by atoms with Crippen LogP contribution in [0.25, 0.3) is 0 Å². The Morgan fingerprint density at radius 1 is 1.24 bits per heavy atom. The van der Waals surface area contributed by atoms with Crippen LogP contribution in [0.3, 0.4) is 0 Å². The van der Waals surface area contributed by atoms with Gasteiger partial charge in [-0.05, 0) is 42.9 Å². The van der Waals surface area contributed by atoms with Gasteiger partial charge in [0.05, 0.1) is 26.5 Å². The van der Waals surface area contributed by atoms with E-state index in [2.05, 4.69) is 5.32 Å². The van der Waals surface area contributed by atoms with Crippen molar-refractivity contribution >= 4 is 15.9 Å². The lowest BCUT2D eigenvalue weighted by Crippen LogP contribution is -2.49. The maximum absolute atomic E-state index is 12.3. The van der Waals surface area contributed by atoms with Crippen LogP contribution >= 0.6 is 0 Å². The number of hydrogen-bond acceptors (Lipinski definition) is 5. The predicted octanol–water partition coefficient (Wildman–Crippen LogP) is 1.13. The van der Waals surface area contributed by atoms with Crippen LogP contribution < -0.4 is 14.8 Å². The van der Waals surface area contributed by atoms with E-state index in [-0.39, 0.29) is 30.2 Å². The molecule has 138 valence electrons. The normalized spacial score (nSPS) is 24.7. The van der Waals surface area contributed by atoms with Gasteiger partial charge in [-0.2, -0.15) is 4.31 Å². The van der Waals surface area contributed by atoms with Gasteiger partial charge in [-0.1, -0.05) is 6.07 Å². The number of hydrogen-bond donors (Lipinski definition) is 1. The standard InChI is InChI=1S/C17H24N2O5S/c1-23-15-6-4-12(8-16(15)24-2)9-18-17(20)10-19-14-5-3-13(7-14)11-25(19,21)22/h4,6,8,13-14H,3,5,7,9-11H2,1-2H3,(H,18,20)/t13-,14+/m0/s1. The molecule has 1 aromatic rings. The van der Waals surface area contributed by atoms with E-state index in [4.69, 9.17) is 9.47 Å². The Morgan fingerprint density at radius 2 is 2.00 bits per heavy atom. The number of fused-ring (bicyclic) bond motifs is 2. The maximum Gasteiger partial charge on any atom is 0.235 e. The number of nitrogens with zero attached hydrogens (tertiary/aromatic N) is 1. The fraction of sp³-hybridized carbons (Fsp3) is 0.588. The lowest BCUT2D eigenvalue weighted by Gasteiger charge is -2.31. The molecule has 2 atom stereocenters. The molecule has 0 unspecified atom stereocenters. The minimum Gasteiger partial charge on any atom is -0.493 e. The molecule has 8 heteroatoms. The van der Waals surface area contributed by atoms with Crippen LogP contribution in [0.2, 0.25) is 0 Å². The zero-order chi connectivity index (χ0) is 18.0. The van der Waals surface area contributed by atoms with Crippen molar-refractivity contribution in [3.8, 4) is 11.5 Å². The highest BCUT2D eigenvalue weighted by Crippen LogP contribution is 2.37. The Bertz CT molecular complexity index is 749. The third kappa shape index (κ3) is 3.90. The largest absolute Gasteiger partial charge is 0.493 e. The molecule has 0 radical (unpaired) electrons. The monoisotopic (exact) mass is 368 g/mol. The van der Waals surface area contributed by atoms with Gasteiger partial charge in [-0.3, -0.25) is 4.79 Å². The Balaban J connectivity index is 1.59. The van der Waals surface area contributed by atoms with Gasteiger partial charge in [0.15, 0.2) is 11.5 Å². The highest BCUT2D eigenvalue weighted by Gasteiger charge is 2.43. The summed E-state index contributed by atoms with van der Waals surface area (Å²) in [5.41, 5.74) is 0.855. The van der Waals surface area contributed by atoms with Gasteiger partial charge in [0.1, 0.15) is 0 Å². The van der Waals surface area contributed by atoms with Crippen molar-refractivity contribution in [2.45, 2.75) is 31.8 Å². The summed E-state index contributed by atoms with van der Waals surface area (Å²) in [5, 5.41) is 2.79. The molecule has 1 aromatic carbocycles. The van der Waals surface area contributed by atoms with Gasteiger partial charge in [-0.25, -0.2) is 8.42 Å². The molecule has 1 aliphatic carbocycles. The number of sulfonamides is 1.